The van der Waals surface area contributed by atoms with E-state index >= 15 is 0 Å². The largest absolute Gasteiger partial charge is 0.495 e. The van der Waals surface area contributed by atoms with Crippen molar-refractivity contribution in [1.82, 2.24) is 9.80 Å². The van der Waals surface area contributed by atoms with Gasteiger partial charge in [0.1, 0.15) is 5.75 Å². The van der Waals surface area contributed by atoms with E-state index in [1.54, 1.807) is 7.11 Å². The summed E-state index contributed by atoms with van der Waals surface area (Å²) in [6.07, 6.45) is 0. The molecule has 1 atom stereocenters. The first-order chi connectivity index (χ1) is 11.7. The van der Waals surface area contributed by atoms with Gasteiger partial charge in [-0.2, -0.15) is 0 Å². The second kappa shape index (κ2) is 7.85. The van der Waals surface area contributed by atoms with E-state index < -0.39 is 0 Å². The Labute approximate surface area is 143 Å². The topological polar surface area (TPSA) is 45.2 Å². The highest BCUT2D eigenvalue weighted by Crippen LogP contribution is 2.28. The van der Waals surface area contributed by atoms with Crippen molar-refractivity contribution >= 4 is 11.6 Å². The number of piperazine rings is 1. The molecule has 0 bridgehead atoms. The molecule has 1 aromatic carbocycles. The number of morpholine rings is 1. The standard InChI is InChI=1S/C18H27N3O3/c1-15(18(22)21-11-13-24-14-12-21)19-7-9-20(10-8-19)16-5-3-4-6-17(16)23-2/h3-6,15H,7-14H2,1-2H3/t15-/m1/s1. The Kier molecular flexibility index (Phi) is 5.58. The number of hydrogen-bond donors (Lipinski definition) is 0. The van der Waals surface area contributed by atoms with E-state index in [0.29, 0.717) is 26.3 Å². The maximum atomic E-state index is 12.6. The summed E-state index contributed by atoms with van der Waals surface area (Å²) in [5.41, 5.74) is 1.13. The SMILES string of the molecule is COc1ccccc1N1CCN([C@H](C)C(=O)N2CCOCC2)CC1. The molecular formula is C18H27N3O3. The minimum absolute atomic E-state index is 0.0667. The molecule has 132 valence electrons. The summed E-state index contributed by atoms with van der Waals surface area (Å²) in [7, 11) is 1.71. The van der Waals surface area contributed by atoms with Gasteiger partial charge in [0.25, 0.3) is 0 Å². The number of anilines is 1. The lowest BCUT2D eigenvalue weighted by molar-refractivity contribution is -0.140. The summed E-state index contributed by atoms with van der Waals surface area (Å²) in [4.78, 5) is 19.2. The van der Waals surface area contributed by atoms with Crippen LogP contribution in [0.5, 0.6) is 5.75 Å². The van der Waals surface area contributed by atoms with Crippen LogP contribution in [0.4, 0.5) is 5.69 Å². The number of amides is 1. The van der Waals surface area contributed by atoms with E-state index in [-0.39, 0.29) is 11.9 Å². The highest BCUT2D eigenvalue weighted by atomic mass is 16.5. The van der Waals surface area contributed by atoms with Crippen LogP contribution in [0.3, 0.4) is 0 Å². The van der Waals surface area contributed by atoms with Crippen molar-refractivity contribution in [3.05, 3.63) is 24.3 Å². The van der Waals surface area contributed by atoms with Crippen LogP contribution in [-0.2, 0) is 9.53 Å². The lowest BCUT2D eigenvalue weighted by Gasteiger charge is -2.40. The predicted octanol–water partition coefficient (Wildman–Crippen LogP) is 1.06. The number of carbonyl (C=O) groups is 1. The van der Waals surface area contributed by atoms with Gasteiger partial charge in [-0.25, -0.2) is 0 Å². The number of benzene rings is 1. The van der Waals surface area contributed by atoms with E-state index in [1.165, 1.54) is 0 Å². The zero-order chi connectivity index (χ0) is 16.9. The molecular weight excluding hydrogens is 306 g/mol. The summed E-state index contributed by atoms with van der Waals surface area (Å²) in [5.74, 6) is 1.13. The molecule has 0 saturated carbocycles. The third-order valence-corrected chi connectivity index (χ3v) is 4.97. The van der Waals surface area contributed by atoms with E-state index in [9.17, 15) is 4.79 Å². The molecule has 1 aromatic rings. The molecule has 0 radical (unpaired) electrons. The molecule has 3 rings (SSSR count). The number of rotatable bonds is 4. The molecule has 0 aromatic heterocycles. The minimum Gasteiger partial charge on any atom is -0.495 e. The third kappa shape index (κ3) is 3.65. The molecule has 6 nitrogen and oxygen atoms in total. The molecule has 24 heavy (non-hydrogen) atoms. The Morgan fingerprint density at radius 1 is 1.08 bits per heavy atom. The van der Waals surface area contributed by atoms with Crippen molar-refractivity contribution in [3.8, 4) is 5.75 Å². The molecule has 0 N–H and O–H groups in total. The zero-order valence-corrected chi connectivity index (χ0v) is 14.6. The van der Waals surface area contributed by atoms with Gasteiger partial charge in [0.05, 0.1) is 32.1 Å². The fraction of sp³-hybridized carbons (Fsp3) is 0.611. The number of ether oxygens (including phenoxy) is 2. The van der Waals surface area contributed by atoms with Gasteiger partial charge in [0, 0.05) is 39.3 Å². The van der Waals surface area contributed by atoms with Crippen molar-refractivity contribution < 1.29 is 14.3 Å². The second-order valence-electron chi connectivity index (χ2n) is 6.31. The molecule has 2 aliphatic heterocycles. The Morgan fingerprint density at radius 3 is 2.42 bits per heavy atom. The summed E-state index contributed by atoms with van der Waals surface area (Å²) >= 11 is 0. The average Bonchev–Trinajstić information content (AvgIpc) is 2.67. The summed E-state index contributed by atoms with van der Waals surface area (Å²) < 4.78 is 10.8. The molecule has 2 fully saturated rings. The molecule has 6 heteroatoms. The van der Waals surface area contributed by atoms with Gasteiger partial charge >= 0.3 is 0 Å². The summed E-state index contributed by atoms with van der Waals surface area (Å²) in [6, 6.07) is 8.04. The smallest absolute Gasteiger partial charge is 0.239 e. The van der Waals surface area contributed by atoms with Gasteiger partial charge in [-0.3, -0.25) is 9.69 Å². The van der Waals surface area contributed by atoms with E-state index in [4.69, 9.17) is 9.47 Å². The van der Waals surface area contributed by atoms with Gasteiger partial charge in [0.2, 0.25) is 5.91 Å². The number of nitrogens with zero attached hydrogens (tertiary/aromatic N) is 3. The van der Waals surface area contributed by atoms with Crippen molar-refractivity contribution in [2.45, 2.75) is 13.0 Å². The minimum atomic E-state index is -0.0667. The van der Waals surface area contributed by atoms with E-state index in [2.05, 4.69) is 15.9 Å². The van der Waals surface area contributed by atoms with Crippen molar-refractivity contribution in [3.63, 3.8) is 0 Å². The quantitative estimate of drug-likeness (QED) is 0.825. The summed E-state index contributed by atoms with van der Waals surface area (Å²) in [5, 5.41) is 0. The third-order valence-electron chi connectivity index (χ3n) is 4.97. The van der Waals surface area contributed by atoms with Crippen molar-refractivity contribution in [2.75, 3.05) is 64.5 Å². The van der Waals surface area contributed by atoms with Gasteiger partial charge in [0.15, 0.2) is 0 Å². The summed E-state index contributed by atoms with van der Waals surface area (Å²) in [6.45, 7) is 8.33. The number of carbonyl (C=O) groups excluding carboxylic acids is 1. The Hall–Kier alpha value is -1.79. The number of para-hydroxylation sites is 2. The number of methoxy groups -OCH3 is 1. The van der Waals surface area contributed by atoms with E-state index in [0.717, 1.165) is 37.6 Å². The Morgan fingerprint density at radius 2 is 1.75 bits per heavy atom. The molecule has 2 heterocycles. The van der Waals surface area contributed by atoms with Crippen LogP contribution >= 0.6 is 0 Å². The Bertz CT molecular complexity index is 552. The van der Waals surface area contributed by atoms with E-state index in [1.807, 2.05) is 30.0 Å². The van der Waals surface area contributed by atoms with Crippen LogP contribution in [0, 0.1) is 0 Å². The maximum absolute atomic E-state index is 12.6. The highest BCUT2D eigenvalue weighted by molar-refractivity contribution is 5.81. The van der Waals surface area contributed by atoms with Crippen molar-refractivity contribution in [1.29, 1.82) is 0 Å². The fourth-order valence-electron chi connectivity index (χ4n) is 3.45. The van der Waals surface area contributed by atoms with Crippen molar-refractivity contribution in [2.24, 2.45) is 0 Å². The molecule has 0 unspecified atom stereocenters. The van der Waals surface area contributed by atoms with Gasteiger partial charge in [-0.15, -0.1) is 0 Å². The van der Waals surface area contributed by atoms with Crippen LogP contribution in [0.15, 0.2) is 24.3 Å². The van der Waals surface area contributed by atoms with Gasteiger partial charge in [-0.05, 0) is 19.1 Å². The van der Waals surface area contributed by atoms with Gasteiger partial charge in [-0.1, -0.05) is 12.1 Å². The molecule has 2 aliphatic rings. The van der Waals surface area contributed by atoms with Crippen LogP contribution < -0.4 is 9.64 Å². The lowest BCUT2D eigenvalue weighted by Crippen LogP contribution is -2.56. The second-order valence-corrected chi connectivity index (χ2v) is 6.31. The van der Waals surface area contributed by atoms with Crippen LogP contribution in [0.2, 0.25) is 0 Å². The lowest BCUT2D eigenvalue weighted by atomic mass is 10.1. The molecule has 0 spiro atoms. The molecule has 1 amide bonds. The van der Waals surface area contributed by atoms with Gasteiger partial charge < -0.3 is 19.3 Å². The first-order valence-corrected chi connectivity index (χ1v) is 8.69. The normalized spacial score (nSPS) is 20.8. The van der Waals surface area contributed by atoms with Crippen LogP contribution in [0.1, 0.15) is 6.92 Å². The highest BCUT2D eigenvalue weighted by Gasteiger charge is 2.29. The molecule has 0 aliphatic carbocycles. The monoisotopic (exact) mass is 333 g/mol. The van der Waals surface area contributed by atoms with Crippen LogP contribution in [-0.4, -0.2) is 81.3 Å². The first kappa shape index (κ1) is 17.0. The van der Waals surface area contributed by atoms with Crippen LogP contribution in [0.25, 0.3) is 0 Å². The number of hydrogen-bond acceptors (Lipinski definition) is 5. The molecule has 2 saturated heterocycles. The maximum Gasteiger partial charge on any atom is 0.239 e. The predicted molar refractivity (Wildman–Crippen MR) is 93.6 cm³/mol. The average molecular weight is 333 g/mol. The first-order valence-electron chi connectivity index (χ1n) is 8.69. The Balaban J connectivity index is 1.57. The zero-order valence-electron chi connectivity index (χ0n) is 14.6. The fourth-order valence-corrected chi connectivity index (χ4v) is 3.45.